The first-order chi connectivity index (χ1) is 9.37. The fourth-order valence-electron chi connectivity index (χ4n) is 2.34. The minimum atomic E-state index is -2.98. The summed E-state index contributed by atoms with van der Waals surface area (Å²) >= 11 is 0. The number of carbonyl (C=O) groups excluding carboxylic acids is 1. The molecule has 1 amide bonds. The number of carbonyl (C=O) groups is 1. The Kier molecular flexibility index (Phi) is 4.45. The fraction of sp³-hybridized carbons (Fsp3) is 0.500. The van der Waals surface area contributed by atoms with Crippen LogP contribution in [0.3, 0.4) is 0 Å². The molecule has 110 valence electrons. The number of hydrogen-bond donors (Lipinski definition) is 1. The monoisotopic (exact) mass is 296 g/mol. The van der Waals surface area contributed by atoms with E-state index in [1.165, 1.54) is 11.8 Å². The standard InChI is InChI=1S/C14H20N2O3S/c1-11-4-6-12(7-5-11)14-15-10-13(17)16(14)8-3-9-20(2,18)19/h4-7,14-15H,3,8-10H2,1-2H3. The molecule has 0 aliphatic carbocycles. The average molecular weight is 296 g/mol. The third-order valence-corrected chi connectivity index (χ3v) is 4.42. The molecule has 0 aromatic heterocycles. The van der Waals surface area contributed by atoms with Gasteiger partial charge in [-0.15, -0.1) is 0 Å². The molecule has 0 bridgehead atoms. The largest absolute Gasteiger partial charge is 0.322 e. The third-order valence-electron chi connectivity index (χ3n) is 3.39. The highest BCUT2D eigenvalue weighted by Crippen LogP contribution is 2.22. The summed E-state index contributed by atoms with van der Waals surface area (Å²) in [7, 11) is -2.98. The van der Waals surface area contributed by atoms with Crippen LogP contribution in [0, 0.1) is 6.92 Å². The fourth-order valence-corrected chi connectivity index (χ4v) is 2.99. The lowest BCUT2D eigenvalue weighted by Crippen LogP contribution is -2.32. The number of amides is 1. The quantitative estimate of drug-likeness (QED) is 0.875. The van der Waals surface area contributed by atoms with Gasteiger partial charge < -0.3 is 4.90 Å². The van der Waals surface area contributed by atoms with E-state index < -0.39 is 9.84 Å². The van der Waals surface area contributed by atoms with Crippen molar-refractivity contribution in [2.24, 2.45) is 0 Å². The second-order valence-corrected chi connectivity index (χ2v) is 7.52. The number of nitrogens with zero attached hydrogens (tertiary/aromatic N) is 1. The number of sulfone groups is 1. The van der Waals surface area contributed by atoms with E-state index >= 15 is 0 Å². The lowest BCUT2D eigenvalue weighted by atomic mass is 10.1. The van der Waals surface area contributed by atoms with Crippen molar-refractivity contribution in [3.8, 4) is 0 Å². The van der Waals surface area contributed by atoms with Crippen molar-refractivity contribution in [1.82, 2.24) is 10.2 Å². The van der Waals surface area contributed by atoms with Gasteiger partial charge in [0.15, 0.2) is 0 Å². The van der Waals surface area contributed by atoms with Crippen LogP contribution in [0.15, 0.2) is 24.3 Å². The Morgan fingerprint density at radius 2 is 1.95 bits per heavy atom. The van der Waals surface area contributed by atoms with E-state index in [4.69, 9.17) is 0 Å². The van der Waals surface area contributed by atoms with Gasteiger partial charge in [0.2, 0.25) is 5.91 Å². The molecule has 6 heteroatoms. The molecule has 1 aromatic carbocycles. The second-order valence-electron chi connectivity index (χ2n) is 5.26. The number of benzene rings is 1. The first-order valence-corrected chi connectivity index (χ1v) is 8.70. The molecule has 1 heterocycles. The van der Waals surface area contributed by atoms with Gasteiger partial charge in [-0.3, -0.25) is 10.1 Å². The molecule has 20 heavy (non-hydrogen) atoms. The van der Waals surface area contributed by atoms with Crippen LogP contribution >= 0.6 is 0 Å². The zero-order valence-electron chi connectivity index (χ0n) is 11.8. The minimum absolute atomic E-state index is 0.0177. The van der Waals surface area contributed by atoms with E-state index in [0.29, 0.717) is 19.5 Å². The van der Waals surface area contributed by atoms with Gasteiger partial charge in [0.1, 0.15) is 16.0 Å². The van der Waals surface area contributed by atoms with E-state index in [9.17, 15) is 13.2 Å². The predicted octanol–water partition coefficient (Wildman–Crippen LogP) is 0.860. The number of aryl methyl sites for hydroxylation is 1. The van der Waals surface area contributed by atoms with Crippen molar-refractivity contribution >= 4 is 15.7 Å². The number of rotatable bonds is 5. The van der Waals surface area contributed by atoms with Gasteiger partial charge in [-0.2, -0.15) is 0 Å². The molecule has 2 rings (SSSR count). The smallest absolute Gasteiger partial charge is 0.238 e. The molecular weight excluding hydrogens is 276 g/mol. The van der Waals surface area contributed by atoms with Gasteiger partial charge in [-0.1, -0.05) is 29.8 Å². The highest BCUT2D eigenvalue weighted by molar-refractivity contribution is 7.90. The molecule has 1 aromatic rings. The lowest BCUT2D eigenvalue weighted by molar-refractivity contribution is -0.128. The molecule has 1 N–H and O–H groups in total. The van der Waals surface area contributed by atoms with E-state index in [2.05, 4.69) is 5.32 Å². The zero-order chi connectivity index (χ0) is 14.8. The summed E-state index contributed by atoms with van der Waals surface area (Å²) in [5, 5.41) is 3.17. The van der Waals surface area contributed by atoms with E-state index in [0.717, 1.165) is 5.56 Å². The summed E-state index contributed by atoms with van der Waals surface area (Å²) in [6, 6.07) is 8.01. The number of hydrogen-bond acceptors (Lipinski definition) is 4. The lowest BCUT2D eigenvalue weighted by Gasteiger charge is -2.24. The molecule has 0 spiro atoms. The summed E-state index contributed by atoms with van der Waals surface area (Å²) in [6.45, 7) is 2.77. The van der Waals surface area contributed by atoms with Crippen LogP contribution < -0.4 is 5.32 Å². The maximum atomic E-state index is 11.9. The Morgan fingerprint density at radius 3 is 2.55 bits per heavy atom. The van der Waals surface area contributed by atoms with E-state index in [1.807, 2.05) is 31.2 Å². The maximum Gasteiger partial charge on any atom is 0.238 e. The van der Waals surface area contributed by atoms with E-state index in [1.54, 1.807) is 4.90 Å². The summed E-state index contributed by atoms with van der Waals surface area (Å²) in [4.78, 5) is 13.6. The van der Waals surface area contributed by atoms with Gasteiger partial charge in [0.25, 0.3) is 0 Å². The minimum Gasteiger partial charge on any atom is -0.322 e. The van der Waals surface area contributed by atoms with Crippen LogP contribution in [0.5, 0.6) is 0 Å². The molecule has 1 atom stereocenters. The average Bonchev–Trinajstić information content (AvgIpc) is 2.71. The molecule has 0 saturated carbocycles. The van der Waals surface area contributed by atoms with Crippen LogP contribution in [0.1, 0.15) is 23.7 Å². The maximum absolute atomic E-state index is 11.9. The molecule has 0 radical (unpaired) electrons. The summed E-state index contributed by atoms with van der Waals surface area (Å²) in [5.74, 6) is 0.126. The van der Waals surface area contributed by atoms with Crippen molar-refractivity contribution in [3.05, 3.63) is 35.4 Å². The normalized spacial score (nSPS) is 19.6. The van der Waals surface area contributed by atoms with Gasteiger partial charge in [-0.25, -0.2) is 8.42 Å². The van der Waals surface area contributed by atoms with Crippen LogP contribution in [0.2, 0.25) is 0 Å². The third kappa shape index (κ3) is 3.80. The topological polar surface area (TPSA) is 66.5 Å². The van der Waals surface area contributed by atoms with Gasteiger partial charge in [-0.05, 0) is 18.9 Å². The Bertz CT molecular complexity index is 581. The molecule has 1 aliphatic rings. The molecule has 1 fully saturated rings. The van der Waals surface area contributed by atoms with Crippen LogP contribution in [0.25, 0.3) is 0 Å². The Hall–Kier alpha value is -1.40. The summed E-state index contributed by atoms with van der Waals surface area (Å²) < 4.78 is 22.3. The van der Waals surface area contributed by atoms with E-state index in [-0.39, 0.29) is 17.8 Å². The van der Waals surface area contributed by atoms with Crippen molar-refractivity contribution in [1.29, 1.82) is 0 Å². The van der Waals surface area contributed by atoms with Crippen LogP contribution in [-0.2, 0) is 14.6 Å². The Morgan fingerprint density at radius 1 is 1.30 bits per heavy atom. The van der Waals surface area contributed by atoms with Crippen molar-refractivity contribution in [3.63, 3.8) is 0 Å². The van der Waals surface area contributed by atoms with Crippen molar-refractivity contribution in [2.45, 2.75) is 19.5 Å². The first kappa shape index (κ1) is 15.0. The molecule has 5 nitrogen and oxygen atoms in total. The summed E-state index contributed by atoms with van der Waals surface area (Å²) in [5.41, 5.74) is 2.20. The first-order valence-electron chi connectivity index (χ1n) is 6.64. The molecular formula is C14H20N2O3S. The molecule has 1 aliphatic heterocycles. The molecule has 1 saturated heterocycles. The van der Waals surface area contributed by atoms with Crippen LogP contribution in [0.4, 0.5) is 0 Å². The van der Waals surface area contributed by atoms with Crippen LogP contribution in [-0.4, -0.2) is 44.3 Å². The zero-order valence-corrected chi connectivity index (χ0v) is 12.6. The van der Waals surface area contributed by atoms with Gasteiger partial charge in [0, 0.05) is 12.8 Å². The van der Waals surface area contributed by atoms with Gasteiger partial charge >= 0.3 is 0 Å². The molecule has 1 unspecified atom stereocenters. The SMILES string of the molecule is Cc1ccc(C2NCC(=O)N2CCCS(C)(=O)=O)cc1. The van der Waals surface area contributed by atoms with Crippen molar-refractivity contribution < 1.29 is 13.2 Å². The Labute approximate surface area is 119 Å². The summed E-state index contributed by atoms with van der Waals surface area (Å²) in [6.07, 6.45) is 1.53. The van der Waals surface area contributed by atoms with Gasteiger partial charge in [0.05, 0.1) is 12.3 Å². The predicted molar refractivity (Wildman–Crippen MR) is 78.0 cm³/mol. The number of nitrogens with one attached hydrogen (secondary N) is 1. The highest BCUT2D eigenvalue weighted by atomic mass is 32.2. The Balaban J connectivity index is 2.05. The highest BCUT2D eigenvalue weighted by Gasteiger charge is 2.31. The van der Waals surface area contributed by atoms with Crippen molar-refractivity contribution in [2.75, 3.05) is 25.1 Å². The second kappa shape index (κ2) is 5.93.